The summed E-state index contributed by atoms with van der Waals surface area (Å²) in [6.45, 7) is 3.98. The fourth-order valence-corrected chi connectivity index (χ4v) is 2.02. The van der Waals surface area contributed by atoms with E-state index in [9.17, 15) is 4.79 Å². The van der Waals surface area contributed by atoms with Crippen molar-refractivity contribution in [3.05, 3.63) is 46.5 Å². The third-order valence-electron chi connectivity index (χ3n) is 2.91. The van der Waals surface area contributed by atoms with Crippen molar-refractivity contribution in [3.8, 4) is 0 Å². The van der Waals surface area contributed by atoms with Crippen LogP contribution in [0, 0.1) is 0 Å². The molecule has 0 saturated heterocycles. The third-order valence-corrected chi connectivity index (χ3v) is 3.44. The van der Waals surface area contributed by atoms with E-state index >= 15 is 0 Å². The lowest BCUT2D eigenvalue weighted by atomic mass is 10.2. The van der Waals surface area contributed by atoms with E-state index in [1.165, 1.54) is 0 Å². The number of benzene rings is 1. The zero-order valence-corrected chi connectivity index (χ0v) is 13.7. The molecule has 110 valence electrons. The third kappa shape index (κ3) is 3.78. The van der Waals surface area contributed by atoms with Gasteiger partial charge in [0.2, 0.25) is 0 Å². The number of carbonyl (C=O) groups is 1. The topological polar surface area (TPSA) is 66.9 Å². The Morgan fingerprint density at radius 3 is 2.48 bits per heavy atom. The van der Waals surface area contributed by atoms with Crippen LogP contribution in [0.25, 0.3) is 0 Å². The quantitative estimate of drug-likeness (QED) is 0.884. The largest absolute Gasteiger partial charge is 0.385 e. The van der Waals surface area contributed by atoms with Gasteiger partial charge in [0.15, 0.2) is 5.69 Å². The summed E-state index contributed by atoms with van der Waals surface area (Å²) in [6, 6.07) is 7.39. The Balaban J connectivity index is 2.28. The molecular formula is C15H17BrN4O. The molecule has 2 N–H and O–H groups in total. The van der Waals surface area contributed by atoms with Crippen LogP contribution in [-0.4, -0.2) is 22.9 Å². The van der Waals surface area contributed by atoms with E-state index in [0.29, 0.717) is 17.2 Å². The molecule has 0 fully saturated rings. The first kappa shape index (κ1) is 15.4. The minimum absolute atomic E-state index is 0.162. The Kier molecular flexibility index (Phi) is 4.90. The molecule has 21 heavy (non-hydrogen) atoms. The summed E-state index contributed by atoms with van der Waals surface area (Å²) in [6.07, 6.45) is 1.64. The molecule has 1 amide bonds. The average molecular weight is 349 g/mol. The summed E-state index contributed by atoms with van der Waals surface area (Å²) in [7, 11) is 1.74. The zero-order chi connectivity index (χ0) is 15.4. The van der Waals surface area contributed by atoms with E-state index in [0.717, 1.165) is 10.2 Å². The summed E-state index contributed by atoms with van der Waals surface area (Å²) in [5.74, 6) is 0.552. The molecule has 0 bridgehead atoms. The molecule has 1 heterocycles. The highest BCUT2D eigenvalue weighted by Crippen LogP contribution is 2.19. The van der Waals surface area contributed by atoms with Gasteiger partial charge in [0.05, 0.1) is 11.9 Å². The van der Waals surface area contributed by atoms with E-state index in [1.54, 1.807) is 13.2 Å². The van der Waals surface area contributed by atoms with Crippen LogP contribution in [0.5, 0.6) is 0 Å². The average Bonchev–Trinajstić information content (AvgIpc) is 2.48. The lowest BCUT2D eigenvalue weighted by Crippen LogP contribution is -2.17. The van der Waals surface area contributed by atoms with Crippen LogP contribution in [0.3, 0.4) is 0 Å². The smallest absolute Gasteiger partial charge is 0.276 e. The summed E-state index contributed by atoms with van der Waals surface area (Å²) >= 11 is 3.36. The van der Waals surface area contributed by atoms with Crippen molar-refractivity contribution in [2.24, 2.45) is 0 Å². The molecule has 5 nitrogen and oxygen atoms in total. The second kappa shape index (κ2) is 6.67. The predicted octanol–water partition coefficient (Wildman–Crippen LogP) is 3.66. The maximum Gasteiger partial charge on any atom is 0.276 e. The van der Waals surface area contributed by atoms with Crippen molar-refractivity contribution in [2.45, 2.75) is 19.8 Å². The molecule has 2 aromatic rings. The van der Waals surface area contributed by atoms with Crippen LogP contribution in [-0.2, 0) is 0 Å². The Labute approximate surface area is 132 Å². The van der Waals surface area contributed by atoms with E-state index < -0.39 is 0 Å². The maximum absolute atomic E-state index is 12.4. The molecule has 1 aromatic heterocycles. The fraction of sp³-hybridized carbons (Fsp3) is 0.267. The van der Waals surface area contributed by atoms with Crippen molar-refractivity contribution in [1.29, 1.82) is 0 Å². The number of nitrogens with zero attached hydrogens (tertiary/aromatic N) is 2. The summed E-state index contributed by atoms with van der Waals surface area (Å²) in [5, 5.41) is 5.78. The highest BCUT2D eigenvalue weighted by Gasteiger charge is 2.16. The molecule has 0 aliphatic rings. The number of hydrogen-bond acceptors (Lipinski definition) is 4. The number of amides is 1. The summed E-state index contributed by atoms with van der Waals surface area (Å²) in [5.41, 5.74) is 1.67. The number of anilines is 2. The molecule has 0 unspecified atom stereocenters. The minimum atomic E-state index is -0.258. The maximum atomic E-state index is 12.4. The van der Waals surface area contributed by atoms with Crippen LogP contribution in [0.1, 0.15) is 36.1 Å². The number of aromatic nitrogens is 2. The van der Waals surface area contributed by atoms with Crippen LogP contribution < -0.4 is 10.6 Å². The predicted molar refractivity (Wildman–Crippen MR) is 87.8 cm³/mol. The van der Waals surface area contributed by atoms with Gasteiger partial charge in [-0.1, -0.05) is 29.8 Å². The lowest BCUT2D eigenvalue weighted by Gasteiger charge is -2.11. The van der Waals surface area contributed by atoms with Crippen LogP contribution in [0.4, 0.5) is 11.4 Å². The van der Waals surface area contributed by atoms with Gasteiger partial charge in [-0.15, -0.1) is 0 Å². The van der Waals surface area contributed by atoms with E-state index in [2.05, 4.69) is 36.5 Å². The van der Waals surface area contributed by atoms with Crippen LogP contribution >= 0.6 is 15.9 Å². The SMILES string of the molecule is CNc1cnc(C(C)C)nc1C(=O)Nc1ccc(Br)cc1. The van der Waals surface area contributed by atoms with Crippen LogP contribution in [0.15, 0.2) is 34.9 Å². The van der Waals surface area contributed by atoms with Crippen molar-refractivity contribution in [3.63, 3.8) is 0 Å². The number of rotatable bonds is 4. The molecule has 0 spiro atoms. The molecule has 0 radical (unpaired) electrons. The molecule has 0 aliphatic heterocycles. The molecule has 0 atom stereocenters. The van der Waals surface area contributed by atoms with Crippen molar-refractivity contribution in [1.82, 2.24) is 9.97 Å². The minimum Gasteiger partial charge on any atom is -0.385 e. The van der Waals surface area contributed by atoms with Gasteiger partial charge >= 0.3 is 0 Å². The second-order valence-corrected chi connectivity index (χ2v) is 5.77. The van der Waals surface area contributed by atoms with Gasteiger partial charge in [-0.2, -0.15) is 0 Å². The Morgan fingerprint density at radius 1 is 1.24 bits per heavy atom. The second-order valence-electron chi connectivity index (χ2n) is 4.86. The van der Waals surface area contributed by atoms with Gasteiger partial charge in [-0.05, 0) is 24.3 Å². The summed E-state index contributed by atoms with van der Waals surface area (Å²) < 4.78 is 0.959. The van der Waals surface area contributed by atoms with Crippen molar-refractivity contribution < 1.29 is 4.79 Å². The number of carbonyl (C=O) groups excluding carboxylic acids is 1. The molecule has 6 heteroatoms. The molecule has 2 rings (SSSR count). The Hall–Kier alpha value is -1.95. The first-order chi connectivity index (χ1) is 10.0. The van der Waals surface area contributed by atoms with Gasteiger partial charge in [0.25, 0.3) is 5.91 Å². The first-order valence-corrected chi connectivity index (χ1v) is 7.42. The van der Waals surface area contributed by atoms with E-state index in [1.807, 2.05) is 38.1 Å². The first-order valence-electron chi connectivity index (χ1n) is 6.63. The molecular weight excluding hydrogens is 332 g/mol. The van der Waals surface area contributed by atoms with Gasteiger partial charge < -0.3 is 10.6 Å². The van der Waals surface area contributed by atoms with Gasteiger partial charge in [-0.3, -0.25) is 4.79 Å². The van der Waals surface area contributed by atoms with Crippen molar-refractivity contribution in [2.75, 3.05) is 17.7 Å². The lowest BCUT2D eigenvalue weighted by molar-refractivity contribution is 0.102. The monoisotopic (exact) mass is 348 g/mol. The van der Waals surface area contributed by atoms with Gasteiger partial charge in [-0.25, -0.2) is 9.97 Å². The molecule has 0 saturated carbocycles. The zero-order valence-electron chi connectivity index (χ0n) is 12.1. The fourth-order valence-electron chi connectivity index (χ4n) is 1.75. The Morgan fingerprint density at radius 2 is 1.90 bits per heavy atom. The van der Waals surface area contributed by atoms with Gasteiger partial charge in [0, 0.05) is 23.1 Å². The summed E-state index contributed by atoms with van der Waals surface area (Å²) in [4.78, 5) is 21.0. The van der Waals surface area contributed by atoms with Gasteiger partial charge in [0.1, 0.15) is 5.82 Å². The molecule has 1 aromatic carbocycles. The number of hydrogen-bond donors (Lipinski definition) is 2. The van der Waals surface area contributed by atoms with E-state index in [4.69, 9.17) is 0 Å². The number of nitrogens with one attached hydrogen (secondary N) is 2. The number of halogens is 1. The Bertz CT molecular complexity index is 641. The standard InChI is InChI=1S/C15H17BrN4O/c1-9(2)14-18-8-12(17-3)13(20-14)15(21)19-11-6-4-10(16)5-7-11/h4-9,17H,1-3H3,(H,19,21). The highest BCUT2D eigenvalue weighted by molar-refractivity contribution is 9.10. The van der Waals surface area contributed by atoms with E-state index in [-0.39, 0.29) is 11.8 Å². The van der Waals surface area contributed by atoms with Crippen molar-refractivity contribution >= 4 is 33.2 Å². The normalized spacial score (nSPS) is 10.5. The molecule has 0 aliphatic carbocycles. The highest BCUT2D eigenvalue weighted by atomic mass is 79.9. The van der Waals surface area contributed by atoms with Crippen LogP contribution in [0.2, 0.25) is 0 Å².